The summed E-state index contributed by atoms with van der Waals surface area (Å²) in [6, 6.07) is 34.0. The average Bonchev–Trinajstić information content (AvgIpc) is 2.74. The minimum Gasteiger partial charge on any atom is -0.256 e. The highest BCUT2D eigenvalue weighted by Gasteiger charge is 2.15. The van der Waals surface area contributed by atoms with E-state index in [9.17, 15) is 0 Å². The van der Waals surface area contributed by atoms with Crippen LogP contribution < -0.4 is 0 Å². The molecule has 1 heterocycles. The second kappa shape index (κ2) is 7.37. The third kappa shape index (κ3) is 3.29. The van der Waals surface area contributed by atoms with Crippen LogP contribution in [0.4, 0.5) is 0 Å². The third-order valence-corrected chi connectivity index (χ3v) is 4.85. The lowest BCUT2D eigenvalue weighted by Gasteiger charge is -2.17. The zero-order chi connectivity index (χ0) is 17.8. The van der Waals surface area contributed by atoms with Gasteiger partial charge in [-0.25, -0.2) is 0 Å². The predicted octanol–water partition coefficient (Wildman–Crippen LogP) is 6.57. The lowest BCUT2D eigenvalue weighted by Crippen LogP contribution is -2.00. The highest BCUT2D eigenvalue weighted by atomic mass is 14.7. The largest absolute Gasteiger partial charge is 0.256 e. The van der Waals surface area contributed by atoms with E-state index >= 15 is 0 Å². The van der Waals surface area contributed by atoms with E-state index in [2.05, 4.69) is 91.9 Å². The molecule has 0 saturated carbocycles. The van der Waals surface area contributed by atoms with Gasteiger partial charge in [0.1, 0.15) is 0 Å². The lowest BCUT2D eigenvalue weighted by atomic mass is 9.89. The summed E-state index contributed by atoms with van der Waals surface area (Å²) in [6.07, 6.45) is 1.88. The molecule has 4 rings (SSSR count). The summed E-state index contributed by atoms with van der Waals surface area (Å²) in [6.45, 7) is 2.25. The van der Waals surface area contributed by atoms with Gasteiger partial charge in [0, 0.05) is 17.7 Å². The molecule has 3 aromatic carbocycles. The molecule has 126 valence electrons. The first-order valence-electron chi connectivity index (χ1n) is 8.98. The quantitative estimate of drug-likeness (QED) is 0.411. The van der Waals surface area contributed by atoms with Gasteiger partial charge in [-0.3, -0.25) is 4.98 Å². The summed E-state index contributed by atoms with van der Waals surface area (Å²) in [5.41, 5.74) is 7.21. The number of hydrogen-bond donors (Lipinski definition) is 0. The number of rotatable bonds is 4. The fraction of sp³-hybridized carbons (Fsp3) is 0.0800. The van der Waals surface area contributed by atoms with Gasteiger partial charge < -0.3 is 0 Å². The van der Waals surface area contributed by atoms with Gasteiger partial charge in [-0.05, 0) is 34.4 Å². The number of aromatic nitrogens is 1. The molecular formula is C25H21N. The molecule has 0 aliphatic rings. The molecule has 1 unspecified atom stereocenters. The smallest absolute Gasteiger partial charge is 0.0740 e. The molecule has 0 aliphatic carbocycles. The Balaban J connectivity index is 1.78. The van der Waals surface area contributed by atoms with Gasteiger partial charge in [0.05, 0.1) is 5.69 Å². The van der Waals surface area contributed by atoms with E-state index in [4.69, 9.17) is 4.98 Å². The number of benzene rings is 3. The zero-order valence-electron chi connectivity index (χ0n) is 14.8. The van der Waals surface area contributed by atoms with Crippen LogP contribution in [0.1, 0.15) is 24.0 Å². The monoisotopic (exact) mass is 335 g/mol. The van der Waals surface area contributed by atoms with Crippen LogP contribution in [0.5, 0.6) is 0 Å². The van der Waals surface area contributed by atoms with Crippen molar-refractivity contribution in [2.75, 3.05) is 0 Å². The zero-order valence-corrected chi connectivity index (χ0v) is 14.8. The normalized spacial score (nSPS) is 11.9. The second-order valence-electron chi connectivity index (χ2n) is 6.52. The first kappa shape index (κ1) is 16.3. The number of nitrogens with zero attached hydrogens (tertiary/aromatic N) is 1. The fourth-order valence-corrected chi connectivity index (χ4v) is 3.41. The molecule has 0 N–H and O–H groups in total. The van der Waals surface area contributed by atoms with E-state index < -0.39 is 0 Å². The molecule has 0 bridgehead atoms. The van der Waals surface area contributed by atoms with Crippen molar-refractivity contribution in [1.29, 1.82) is 0 Å². The van der Waals surface area contributed by atoms with E-state index in [1.165, 1.54) is 22.3 Å². The highest BCUT2D eigenvalue weighted by Crippen LogP contribution is 2.33. The molecule has 1 heteroatoms. The summed E-state index contributed by atoms with van der Waals surface area (Å²) in [5, 5.41) is 0. The SMILES string of the molecule is CC(c1ccccc1)c1cccnc1-c1cccc(-c2ccccc2)c1. The van der Waals surface area contributed by atoms with Crippen molar-refractivity contribution in [2.45, 2.75) is 12.8 Å². The lowest BCUT2D eigenvalue weighted by molar-refractivity contribution is 0.915. The molecule has 0 spiro atoms. The Morgan fingerprint density at radius 3 is 2.04 bits per heavy atom. The molecule has 1 atom stereocenters. The van der Waals surface area contributed by atoms with Crippen LogP contribution in [0.15, 0.2) is 103 Å². The number of pyridine rings is 1. The summed E-state index contributed by atoms with van der Waals surface area (Å²) in [4.78, 5) is 4.73. The Labute approximate surface area is 155 Å². The van der Waals surface area contributed by atoms with Crippen molar-refractivity contribution in [2.24, 2.45) is 0 Å². The summed E-state index contributed by atoms with van der Waals surface area (Å²) < 4.78 is 0. The Bertz CT molecular complexity index is 991. The molecule has 0 amide bonds. The topological polar surface area (TPSA) is 12.9 Å². The molecule has 0 fully saturated rings. The van der Waals surface area contributed by atoms with E-state index in [1.54, 1.807) is 0 Å². The summed E-state index contributed by atoms with van der Waals surface area (Å²) in [5.74, 6) is 0.292. The maximum atomic E-state index is 4.73. The molecule has 1 nitrogen and oxygen atoms in total. The van der Waals surface area contributed by atoms with Crippen LogP contribution in [0, 0.1) is 0 Å². The Morgan fingerprint density at radius 1 is 0.615 bits per heavy atom. The van der Waals surface area contributed by atoms with Crippen molar-refractivity contribution < 1.29 is 0 Å². The molecular weight excluding hydrogens is 314 g/mol. The third-order valence-electron chi connectivity index (χ3n) is 4.85. The molecule has 1 aromatic heterocycles. The molecule has 4 aromatic rings. The van der Waals surface area contributed by atoms with Crippen molar-refractivity contribution in [3.8, 4) is 22.4 Å². The van der Waals surface area contributed by atoms with Crippen LogP contribution in [-0.4, -0.2) is 4.98 Å². The summed E-state index contributed by atoms with van der Waals surface area (Å²) in [7, 11) is 0. The van der Waals surface area contributed by atoms with Gasteiger partial charge in [0.25, 0.3) is 0 Å². The minimum atomic E-state index is 0.292. The van der Waals surface area contributed by atoms with Gasteiger partial charge in [-0.15, -0.1) is 0 Å². The molecule has 0 saturated heterocycles. The van der Waals surface area contributed by atoms with Crippen LogP contribution in [0.2, 0.25) is 0 Å². The first-order chi connectivity index (χ1) is 12.8. The molecule has 0 radical (unpaired) electrons. The van der Waals surface area contributed by atoms with Crippen LogP contribution in [-0.2, 0) is 0 Å². The van der Waals surface area contributed by atoms with Crippen LogP contribution in [0.25, 0.3) is 22.4 Å². The Hall–Kier alpha value is -3.19. The molecule has 26 heavy (non-hydrogen) atoms. The Kier molecular flexibility index (Phi) is 4.61. The van der Waals surface area contributed by atoms with Crippen molar-refractivity contribution in [3.63, 3.8) is 0 Å². The summed E-state index contributed by atoms with van der Waals surface area (Å²) >= 11 is 0. The van der Waals surface area contributed by atoms with Gasteiger partial charge >= 0.3 is 0 Å². The van der Waals surface area contributed by atoms with Gasteiger partial charge in [-0.1, -0.05) is 91.9 Å². The maximum absolute atomic E-state index is 4.73. The van der Waals surface area contributed by atoms with E-state index in [0.29, 0.717) is 5.92 Å². The predicted molar refractivity (Wildman–Crippen MR) is 109 cm³/mol. The van der Waals surface area contributed by atoms with Crippen molar-refractivity contribution in [1.82, 2.24) is 4.98 Å². The van der Waals surface area contributed by atoms with Gasteiger partial charge in [0.15, 0.2) is 0 Å². The van der Waals surface area contributed by atoms with E-state index in [-0.39, 0.29) is 0 Å². The van der Waals surface area contributed by atoms with Gasteiger partial charge in [-0.2, -0.15) is 0 Å². The number of hydrogen-bond acceptors (Lipinski definition) is 1. The fourth-order valence-electron chi connectivity index (χ4n) is 3.41. The first-order valence-corrected chi connectivity index (χ1v) is 8.98. The standard InChI is InChI=1S/C25H21N/c1-19(20-10-4-2-5-11-20)24-16-9-17-26-25(24)23-15-8-14-22(18-23)21-12-6-3-7-13-21/h2-19H,1H3. The maximum Gasteiger partial charge on any atom is 0.0740 e. The van der Waals surface area contributed by atoms with Gasteiger partial charge in [0.2, 0.25) is 0 Å². The van der Waals surface area contributed by atoms with E-state index in [1.807, 2.05) is 18.3 Å². The van der Waals surface area contributed by atoms with E-state index in [0.717, 1.165) is 11.3 Å². The molecule has 0 aliphatic heterocycles. The van der Waals surface area contributed by atoms with Crippen molar-refractivity contribution >= 4 is 0 Å². The van der Waals surface area contributed by atoms with Crippen LogP contribution in [0.3, 0.4) is 0 Å². The highest BCUT2D eigenvalue weighted by molar-refractivity contribution is 5.73. The second-order valence-corrected chi connectivity index (χ2v) is 6.52. The minimum absolute atomic E-state index is 0.292. The Morgan fingerprint density at radius 2 is 1.27 bits per heavy atom. The average molecular weight is 335 g/mol. The van der Waals surface area contributed by atoms with Crippen molar-refractivity contribution in [3.05, 3.63) is 114 Å². The van der Waals surface area contributed by atoms with Crippen LogP contribution >= 0.6 is 0 Å².